The number of carbonyl (C=O) groups is 1. The van der Waals surface area contributed by atoms with E-state index >= 15 is 0 Å². The Morgan fingerprint density at radius 2 is 1.92 bits per heavy atom. The van der Waals surface area contributed by atoms with Gasteiger partial charge in [-0.15, -0.1) is 0 Å². The van der Waals surface area contributed by atoms with Crippen molar-refractivity contribution in [3.05, 3.63) is 48.7 Å². The monoisotopic (exact) mass is 523 g/mol. The largest absolute Gasteiger partial charge is 0.497 e. The molecule has 0 fully saturated rings. The fourth-order valence-electron chi connectivity index (χ4n) is 4.09. The minimum absolute atomic E-state index is 0.218. The zero-order chi connectivity index (χ0) is 26.4. The Balaban J connectivity index is 1.72. The van der Waals surface area contributed by atoms with E-state index in [-0.39, 0.29) is 11.8 Å². The highest BCUT2D eigenvalue weighted by atomic mass is 32.2. The van der Waals surface area contributed by atoms with Crippen molar-refractivity contribution >= 4 is 38.9 Å². The number of nitrogens with zero attached hydrogens (tertiary/aromatic N) is 3. The molecule has 0 saturated carbocycles. The topological polar surface area (TPSA) is 132 Å². The van der Waals surface area contributed by atoms with Crippen LogP contribution in [0.2, 0.25) is 0 Å². The van der Waals surface area contributed by atoms with Gasteiger partial charge in [0.15, 0.2) is 0 Å². The van der Waals surface area contributed by atoms with E-state index < -0.39 is 9.73 Å². The number of benzene rings is 2. The molecule has 37 heavy (non-hydrogen) atoms. The molecule has 1 aliphatic rings. The summed E-state index contributed by atoms with van der Waals surface area (Å²) in [6.07, 6.45) is 3.07. The molecule has 4 rings (SSSR count). The van der Waals surface area contributed by atoms with Crippen molar-refractivity contribution in [3.63, 3.8) is 0 Å². The average molecular weight is 524 g/mol. The van der Waals surface area contributed by atoms with Crippen molar-refractivity contribution in [2.75, 3.05) is 48.4 Å². The van der Waals surface area contributed by atoms with Gasteiger partial charge in [0.25, 0.3) is 0 Å². The Morgan fingerprint density at radius 1 is 1.16 bits per heavy atom. The Hall–Kier alpha value is -3.86. The first-order valence-electron chi connectivity index (χ1n) is 12.3. The molecule has 1 unspecified atom stereocenters. The number of aromatic nitrogens is 2. The van der Waals surface area contributed by atoms with Crippen LogP contribution >= 0.6 is 0 Å². The smallest absolute Gasteiger partial charge is 0.321 e. The van der Waals surface area contributed by atoms with Crippen LogP contribution in [0, 0.1) is 4.78 Å². The first-order valence-corrected chi connectivity index (χ1v) is 14.1. The number of hydrogen-bond donors (Lipinski definition) is 4. The van der Waals surface area contributed by atoms with E-state index in [1.54, 1.807) is 36.4 Å². The molecule has 196 valence electrons. The quantitative estimate of drug-likeness (QED) is 0.353. The fourth-order valence-corrected chi connectivity index (χ4v) is 5.57. The van der Waals surface area contributed by atoms with Crippen molar-refractivity contribution < 1.29 is 13.7 Å². The molecule has 11 heteroatoms. The van der Waals surface area contributed by atoms with Gasteiger partial charge in [0.1, 0.15) is 11.6 Å². The van der Waals surface area contributed by atoms with Gasteiger partial charge in [-0.1, -0.05) is 12.1 Å². The summed E-state index contributed by atoms with van der Waals surface area (Å²) in [5.41, 5.74) is 2.78. The molecule has 2 heterocycles. The van der Waals surface area contributed by atoms with Crippen molar-refractivity contribution in [3.8, 4) is 16.9 Å². The van der Waals surface area contributed by atoms with Gasteiger partial charge in [0.2, 0.25) is 5.95 Å². The first kappa shape index (κ1) is 26.2. The van der Waals surface area contributed by atoms with Gasteiger partial charge in [0, 0.05) is 48.5 Å². The van der Waals surface area contributed by atoms with Crippen LogP contribution in [-0.2, 0) is 9.73 Å². The van der Waals surface area contributed by atoms with Crippen LogP contribution in [0.25, 0.3) is 11.1 Å². The lowest BCUT2D eigenvalue weighted by Crippen LogP contribution is -2.34. The van der Waals surface area contributed by atoms with Gasteiger partial charge in [-0.05, 0) is 62.6 Å². The lowest BCUT2D eigenvalue weighted by Gasteiger charge is -2.20. The maximum atomic E-state index is 13.3. The van der Waals surface area contributed by atoms with Crippen molar-refractivity contribution in [1.29, 1.82) is 4.78 Å². The van der Waals surface area contributed by atoms with Crippen LogP contribution < -0.4 is 20.7 Å². The second-order valence-corrected chi connectivity index (χ2v) is 10.9. The molecule has 1 aliphatic heterocycles. The first-order chi connectivity index (χ1) is 17.8. The van der Waals surface area contributed by atoms with Crippen LogP contribution in [0.15, 0.2) is 53.6 Å². The van der Waals surface area contributed by atoms with E-state index in [1.165, 1.54) is 0 Å². The van der Waals surface area contributed by atoms with Crippen LogP contribution in [0.4, 0.5) is 27.9 Å². The van der Waals surface area contributed by atoms with Gasteiger partial charge < -0.3 is 25.6 Å². The third kappa shape index (κ3) is 6.29. The Labute approximate surface area is 217 Å². The summed E-state index contributed by atoms with van der Waals surface area (Å²) in [5, 5.41) is 9.43. The van der Waals surface area contributed by atoms with Crippen LogP contribution in [0.3, 0.4) is 0 Å². The number of nitrogens with one attached hydrogen (secondary N) is 4. The van der Waals surface area contributed by atoms with Gasteiger partial charge in [-0.3, -0.25) is 0 Å². The molecule has 3 aromatic rings. The fraction of sp³-hybridized carbons (Fsp3) is 0.346. The third-order valence-electron chi connectivity index (χ3n) is 6.19. The van der Waals surface area contributed by atoms with E-state index in [2.05, 4.69) is 20.9 Å². The number of ether oxygens (including phenoxy) is 1. The molecule has 0 spiro atoms. The highest BCUT2D eigenvalue weighted by molar-refractivity contribution is 7.92. The van der Waals surface area contributed by atoms with Gasteiger partial charge in [0.05, 0.1) is 21.7 Å². The maximum absolute atomic E-state index is 13.3. The second kappa shape index (κ2) is 11.5. The molecular weight excluding hydrogens is 490 g/mol. The van der Waals surface area contributed by atoms with E-state index in [0.717, 1.165) is 23.3 Å². The average Bonchev–Trinajstić information content (AvgIpc) is 2.89. The Morgan fingerprint density at radius 3 is 2.62 bits per heavy atom. The summed E-state index contributed by atoms with van der Waals surface area (Å²) in [6.45, 7) is 5.54. The predicted molar refractivity (Wildman–Crippen MR) is 147 cm³/mol. The summed E-state index contributed by atoms with van der Waals surface area (Å²) in [6, 6.07) is 12.5. The number of urea groups is 1. The van der Waals surface area contributed by atoms with Gasteiger partial charge >= 0.3 is 6.03 Å². The molecule has 4 bridgehead atoms. The molecule has 0 aliphatic carbocycles. The molecule has 10 nitrogen and oxygen atoms in total. The number of methoxy groups -OCH3 is 1. The maximum Gasteiger partial charge on any atom is 0.321 e. The standard InChI is InChI=1S/C26H33N7O3S/c1-4-33(5-2)26(34)31-20-14-19-15-22(16-20)37(27,35)13-7-6-12-28-24-23(17-29-25(30-19)32-24)18-8-10-21(36-3)11-9-18/h8-11,14-17,27H,4-7,12-13H2,1-3H3,(H,31,34)(H2,28,29,30,32). The van der Waals surface area contributed by atoms with Gasteiger partial charge in [-0.2, -0.15) is 4.98 Å². The molecule has 1 atom stereocenters. The minimum Gasteiger partial charge on any atom is -0.497 e. The van der Waals surface area contributed by atoms with Crippen molar-refractivity contribution in [2.45, 2.75) is 31.6 Å². The number of carbonyl (C=O) groups excluding carboxylic acids is 1. The molecular formula is C26H33N7O3S. The number of hydrogen-bond acceptors (Lipinski definition) is 8. The summed E-state index contributed by atoms with van der Waals surface area (Å²) in [5.74, 6) is 1.99. The summed E-state index contributed by atoms with van der Waals surface area (Å²) in [7, 11) is -1.44. The van der Waals surface area contributed by atoms with Crippen LogP contribution in [-0.4, -0.2) is 57.6 Å². The van der Waals surface area contributed by atoms with Crippen LogP contribution in [0.5, 0.6) is 5.75 Å². The SMILES string of the molecule is CCN(CC)C(=O)Nc1cc2cc(c1)S(=N)(=O)CCCCNc1nc(ncc1-c1ccc(OC)cc1)N2. The normalized spacial score (nSPS) is 17.2. The number of amides is 2. The zero-order valence-electron chi connectivity index (χ0n) is 21.3. The van der Waals surface area contributed by atoms with Crippen molar-refractivity contribution in [1.82, 2.24) is 14.9 Å². The highest BCUT2D eigenvalue weighted by Crippen LogP contribution is 2.31. The molecule has 2 aromatic carbocycles. The second-order valence-electron chi connectivity index (χ2n) is 8.67. The Bertz CT molecular complexity index is 1360. The number of fused-ring (bicyclic) bond motifs is 4. The Kier molecular flexibility index (Phi) is 8.12. The molecule has 2 amide bonds. The summed E-state index contributed by atoms with van der Waals surface area (Å²) in [4.78, 5) is 23.9. The van der Waals surface area contributed by atoms with Crippen LogP contribution in [0.1, 0.15) is 26.7 Å². The lowest BCUT2D eigenvalue weighted by atomic mass is 10.1. The molecule has 4 N–H and O–H groups in total. The predicted octanol–water partition coefficient (Wildman–Crippen LogP) is 5.38. The van der Waals surface area contributed by atoms with E-state index in [9.17, 15) is 9.00 Å². The van der Waals surface area contributed by atoms with E-state index in [4.69, 9.17) is 14.5 Å². The third-order valence-corrected chi connectivity index (χ3v) is 8.05. The summed E-state index contributed by atoms with van der Waals surface area (Å²) < 4.78 is 27.2. The number of anilines is 4. The lowest BCUT2D eigenvalue weighted by molar-refractivity contribution is 0.217. The molecule has 1 aromatic heterocycles. The zero-order valence-corrected chi connectivity index (χ0v) is 22.2. The van der Waals surface area contributed by atoms with Gasteiger partial charge in [-0.25, -0.2) is 18.8 Å². The minimum atomic E-state index is -3.07. The van der Waals surface area contributed by atoms with E-state index in [1.807, 2.05) is 38.1 Å². The van der Waals surface area contributed by atoms with Crippen molar-refractivity contribution in [2.24, 2.45) is 0 Å². The summed E-state index contributed by atoms with van der Waals surface area (Å²) >= 11 is 0. The molecule has 0 radical (unpaired) electrons. The number of rotatable bonds is 5. The highest BCUT2D eigenvalue weighted by Gasteiger charge is 2.18. The molecule has 0 saturated heterocycles. The van der Waals surface area contributed by atoms with E-state index in [0.29, 0.717) is 54.1 Å².